The van der Waals surface area contributed by atoms with Gasteiger partial charge in [-0.3, -0.25) is 0 Å². The van der Waals surface area contributed by atoms with Gasteiger partial charge >= 0.3 is 0 Å². The fourth-order valence-electron chi connectivity index (χ4n) is 1.01. The van der Waals surface area contributed by atoms with E-state index in [9.17, 15) is 0 Å². The molecule has 2 unspecified atom stereocenters. The Kier molecular flexibility index (Phi) is 9.92. The lowest BCUT2D eigenvalue weighted by atomic mass is 10.0. The summed E-state index contributed by atoms with van der Waals surface area (Å²) < 4.78 is 3.09. The van der Waals surface area contributed by atoms with E-state index in [1.807, 2.05) is 11.0 Å². The highest BCUT2D eigenvalue weighted by molar-refractivity contribution is 14.2. The quantitative estimate of drug-likeness (QED) is 0.266. The predicted octanol–water partition coefficient (Wildman–Crippen LogP) is 4.41. The zero-order chi connectivity index (χ0) is 9.56. The monoisotopic (exact) mass is 431 g/mol. The molecule has 5 heteroatoms. The summed E-state index contributed by atoms with van der Waals surface area (Å²) in [6.07, 6.45) is 1.28. The van der Waals surface area contributed by atoms with Crippen LogP contribution in [0.3, 0.4) is 0 Å². The average molecular weight is 431 g/mol. The second-order valence-corrected chi connectivity index (χ2v) is 9.72. The summed E-state index contributed by atoms with van der Waals surface area (Å²) in [5.74, 6) is 0.826. The molecule has 0 aliphatic heterocycles. The number of nitrogens with zero attached hydrogens (tertiary/aromatic N) is 1. The van der Waals surface area contributed by atoms with Gasteiger partial charge in [-0.25, -0.2) is 4.31 Å². The smallest absolute Gasteiger partial charge is 0.0132 e. The molecule has 0 aromatic heterocycles. The molecule has 1 nitrogen and oxygen atoms in total. The molecule has 2 atom stereocenters. The maximum absolute atomic E-state index is 2.52. The van der Waals surface area contributed by atoms with Gasteiger partial charge in [0.15, 0.2) is 0 Å². The van der Waals surface area contributed by atoms with Crippen molar-refractivity contribution in [1.82, 2.24) is 4.31 Å². The highest BCUT2D eigenvalue weighted by Gasteiger charge is 2.14. The number of rotatable bonds is 6. The maximum Gasteiger partial charge on any atom is 0.0132 e. The molecular formula is C7H15I2NS2. The Balaban J connectivity index is 3.69. The van der Waals surface area contributed by atoms with E-state index in [1.54, 1.807) is 7.97 Å². The molecule has 12 heavy (non-hydrogen) atoms. The highest BCUT2D eigenvalue weighted by Crippen LogP contribution is 2.32. The van der Waals surface area contributed by atoms with E-state index < -0.39 is 0 Å². The lowest BCUT2D eigenvalue weighted by molar-refractivity contribution is 0.409. The molecule has 0 fully saturated rings. The molecule has 74 valence electrons. The van der Waals surface area contributed by atoms with Crippen LogP contribution in [-0.2, 0) is 0 Å². The summed E-state index contributed by atoms with van der Waals surface area (Å²) >= 11 is 4.84. The summed E-state index contributed by atoms with van der Waals surface area (Å²) in [7, 11) is 5.77. The van der Waals surface area contributed by atoms with Gasteiger partial charge in [-0.1, -0.05) is 42.9 Å². The van der Waals surface area contributed by atoms with Gasteiger partial charge in [-0.05, 0) is 20.9 Å². The van der Waals surface area contributed by atoms with Crippen LogP contribution >= 0.6 is 62.7 Å². The molecule has 0 spiro atoms. The molecule has 0 rings (SSSR count). The van der Waals surface area contributed by atoms with Crippen molar-refractivity contribution in [3.8, 4) is 0 Å². The van der Waals surface area contributed by atoms with E-state index in [-0.39, 0.29) is 0 Å². The zero-order valence-corrected chi connectivity index (χ0v) is 13.5. The first kappa shape index (κ1) is 14.1. The van der Waals surface area contributed by atoms with Crippen molar-refractivity contribution in [3.05, 3.63) is 0 Å². The molecule has 0 radical (unpaired) electrons. The lowest BCUT2D eigenvalue weighted by Gasteiger charge is -2.22. The maximum atomic E-state index is 2.52. The Morgan fingerprint density at radius 1 is 1.50 bits per heavy atom. The van der Waals surface area contributed by atoms with Crippen molar-refractivity contribution in [2.75, 3.05) is 13.6 Å². The van der Waals surface area contributed by atoms with Gasteiger partial charge in [-0.2, -0.15) is 0 Å². The molecule has 0 aliphatic carbocycles. The van der Waals surface area contributed by atoms with E-state index in [1.165, 1.54) is 13.0 Å². The van der Waals surface area contributed by atoms with E-state index in [0.29, 0.717) is 0 Å². The molecule has 0 amide bonds. The third-order valence-electron chi connectivity index (χ3n) is 1.82. The van der Waals surface area contributed by atoms with Crippen LogP contribution in [0.25, 0.3) is 0 Å². The summed E-state index contributed by atoms with van der Waals surface area (Å²) in [6.45, 7) is 5.77. The summed E-state index contributed by atoms with van der Waals surface area (Å²) in [5, 5.41) is 0. The van der Waals surface area contributed by atoms with Crippen LogP contribution in [0.5, 0.6) is 0 Å². The van der Waals surface area contributed by atoms with Crippen LogP contribution in [0.2, 0.25) is 0 Å². The van der Waals surface area contributed by atoms with E-state index in [4.69, 9.17) is 0 Å². The molecule has 0 aromatic rings. The average Bonchev–Trinajstić information content (AvgIpc) is 2.00. The Hall–Kier alpha value is 2.12. The van der Waals surface area contributed by atoms with Crippen molar-refractivity contribution in [2.24, 2.45) is 5.92 Å². The van der Waals surface area contributed by atoms with Gasteiger partial charge in [0.05, 0.1) is 0 Å². The first-order chi connectivity index (χ1) is 5.61. The van der Waals surface area contributed by atoms with E-state index >= 15 is 0 Å². The summed E-state index contributed by atoms with van der Waals surface area (Å²) in [4.78, 5) is 0. The van der Waals surface area contributed by atoms with Crippen molar-refractivity contribution in [3.63, 3.8) is 0 Å². The zero-order valence-electron chi connectivity index (χ0n) is 7.59. The molecule has 0 aromatic carbocycles. The standard InChI is InChI=1S/C7H15I2NS2/c1-4-7(6(2)8)5-10(3)12-11-9/h6-7H,4-5H2,1-3H3. The minimum atomic E-state index is 0.773. The highest BCUT2D eigenvalue weighted by atomic mass is 127. The Bertz CT molecular complexity index is 114. The number of halogens is 2. The van der Waals surface area contributed by atoms with E-state index in [2.05, 4.69) is 69.0 Å². The Labute approximate surface area is 109 Å². The van der Waals surface area contributed by atoms with Gasteiger partial charge in [0, 0.05) is 42.7 Å². The molecule has 0 saturated carbocycles. The van der Waals surface area contributed by atoms with Gasteiger partial charge in [-0.15, -0.1) is 0 Å². The second kappa shape index (κ2) is 8.43. The van der Waals surface area contributed by atoms with Crippen LogP contribution in [0.4, 0.5) is 0 Å². The molecular weight excluding hydrogens is 416 g/mol. The van der Waals surface area contributed by atoms with Crippen molar-refractivity contribution in [2.45, 2.75) is 24.2 Å². The van der Waals surface area contributed by atoms with Gasteiger partial charge < -0.3 is 0 Å². The van der Waals surface area contributed by atoms with Crippen LogP contribution < -0.4 is 0 Å². The summed E-state index contributed by atoms with van der Waals surface area (Å²) in [5.41, 5.74) is 0. The molecule has 0 heterocycles. The summed E-state index contributed by atoms with van der Waals surface area (Å²) in [6, 6.07) is 0. The first-order valence-electron chi connectivity index (χ1n) is 3.92. The molecule has 0 saturated heterocycles. The molecule has 0 N–H and O–H groups in total. The largest absolute Gasteiger partial charge is 0.243 e. The normalized spacial score (nSPS) is 16.5. The van der Waals surface area contributed by atoms with Gasteiger partial charge in [0.1, 0.15) is 0 Å². The number of alkyl halides is 1. The molecule has 0 bridgehead atoms. The Morgan fingerprint density at radius 3 is 2.42 bits per heavy atom. The fraction of sp³-hybridized carbons (Fsp3) is 1.00. The fourth-order valence-corrected chi connectivity index (χ4v) is 5.03. The molecule has 0 aliphatic rings. The first-order valence-corrected chi connectivity index (χ1v) is 9.81. The number of hydrogen-bond acceptors (Lipinski definition) is 3. The third kappa shape index (κ3) is 6.56. The van der Waals surface area contributed by atoms with Crippen LogP contribution in [0, 0.1) is 5.92 Å². The second-order valence-electron chi connectivity index (χ2n) is 2.79. The van der Waals surface area contributed by atoms with Gasteiger partial charge in [0.25, 0.3) is 0 Å². The van der Waals surface area contributed by atoms with Crippen molar-refractivity contribution >= 4 is 62.7 Å². The Morgan fingerprint density at radius 2 is 2.08 bits per heavy atom. The lowest BCUT2D eigenvalue weighted by Crippen LogP contribution is -2.23. The third-order valence-corrected chi connectivity index (χ3v) is 5.68. The van der Waals surface area contributed by atoms with Crippen molar-refractivity contribution < 1.29 is 0 Å². The van der Waals surface area contributed by atoms with Crippen LogP contribution in [0.1, 0.15) is 20.3 Å². The topological polar surface area (TPSA) is 3.24 Å². The van der Waals surface area contributed by atoms with Crippen LogP contribution in [0.15, 0.2) is 0 Å². The minimum absolute atomic E-state index is 0.773. The SMILES string of the molecule is CCC(CN(C)SSI)C(C)I. The van der Waals surface area contributed by atoms with E-state index in [0.717, 1.165) is 9.84 Å². The minimum Gasteiger partial charge on any atom is -0.243 e. The van der Waals surface area contributed by atoms with Crippen LogP contribution in [-0.4, -0.2) is 21.8 Å². The van der Waals surface area contributed by atoms with Crippen molar-refractivity contribution in [1.29, 1.82) is 0 Å². The number of hydrogen-bond donors (Lipinski definition) is 0. The van der Waals surface area contributed by atoms with Gasteiger partial charge in [0.2, 0.25) is 0 Å². The predicted molar refractivity (Wildman–Crippen MR) is 79.1 cm³/mol.